The van der Waals surface area contributed by atoms with Gasteiger partial charge in [-0.2, -0.15) is 4.31 Å². The Balaban J connectivity index is 1.36. The van der Waals surface area contributed by atoms with Gasteiger partial charge in [0.2, 0.25) is 21.8 Å². The number of amides is 2. The maximum Gasteiger partial charge on any atom is 0.243 e. The molecule has 2 aromatic rings. The fourth-order valence-corrected chi connectivity index (χ4v) is 5.60. The van der Waals surface area contributed by atoms with Crippen LogP contribution in [0.2, 0.25) is 5.02 Å². The van der Waals surface area contributed by atoms with E-state index in [9.17, 15) is 18.0 Å². The Hall–Kier alpha value is -2.42. The second kappa shape index (κ2) is 8.98. The summed E-state index contributed by atoms with van der Waals surface area (Å²) >= 11 is 5.86. The van der Waals surface area contributed by atoms with Crippen LogP contribution < -0.4 is 10.2 Å². The molecule has 0 unspecified atom stereocenters. The molecule has 164 valence electrons. The highest BCUT2D eigenvalue weighted by molar-refractivity contribution is 7.89. The van der Waals surface area contributed by atoms with Crippen molar-refractivity contribution in [3.63, 3.8) is 0 Å². The van der Waals surface area contributed by atoms with Crippen molar-refractivity contribution < 1.29 is 18.0 Å². The molecule has 2 saturated heterocycles. The third kappa shape index (κ3) is 4.76. The Labute approximate surface area is 187 Å². The molecule has 2 amide bonds. The lowest BCUT2D eigenvalue weighted by atomic mass is 9.97. The first-order valence-electron chi connectivity index (χ1n) is 10.3. The number of nitrogens with one attached hydrogen (secondary N) is 1. The third-order valence-electron chi connectivity index (χ3n) is 5.80. The van der Waals surface area contributed by atoms with Crippen LogP contribution in [-0.2, 0) is 19.6 Å². The number of anilines is 2. The van der Waals surface area contributed by atoms with Crippen molar-refractivity contribution in [3.8, 4) is 0 Å². The molecule has 7 nitrogen and oxygen atoms in total. The number of piperidine rings is 1. The van der Waals surface area contributed by atoms with E-state index in [1.807, 2.05) is 0 Å². The van der Waals surface area contributed by atoms with Gasteiger partial charge in [-0.3, -0.25) is 9.59 Å². The highest BCUT2D eigenvalue weighted by atomic mass is 35.5. The fourth-order valence-electron chi connectivity index (χ4n) is 4.00. The monoisotopic (exact) mass is 461 g/mol. The van der Waals surface area contributed by atoms with Crippen LogP contribution in [0.25, 0.3) is 0 Å². The molecule has 0 bridgehead atoms. The fraction of sp³-hybridized carbons (Fsp3) is 0.364. The van der Waals surface area contributed by atoms with Crippen molar-refractivity contribution in [2.45, 2.75) is 30.6 Å². The molecule has 2 fully saturated rings. The quantitative estimate of drug-likeness (QED) is 0.738. The van der Waals surface area contributed by atoms with E-state index in [0.717, 1.165) is 12.1 Å². The largest absolute Gasteiger partial charge is 0.326 e. The van der Waals surface area contributed by atoms with Gasteiger partial charge in [-0.25, -0.2) is 8.42 Å². The van der Waals surface area contributed by atoms with E-state index in [-0.39, 0.29) is 35.7 Å². The highest BCUT2D eigenvalue weighted by Gasteiger charge is 2.32. The van der Waals surface area contributed by atoms with Crippen molar-refractivity contribution in [2.24, 2.45) is 5.92 Å². The molecule has 2 aromatic carbocycles. The molecule has 0 atom stereocenters. The second-order valence-corrected chi connectivity index (χ2v) is 10.2. The van der Waals surface area contributed by atoms with E-state index in [1.165, 1.54) is 4.31 Å². The third-order valence-corrected chi connectivity index (χ3v) is 7.96. The van der Waals surface area contributed by atoms with Crippen LogP contribution in [0.3, 0.4) is 0 Å². The summed E-state index contributed by atoms with van der Waals surface area (Å²) in [6.45, 7) is 1.23. The summed E-state index contributed by atoms with van der Waals surface area (Å²) in [5, 5.41) is 3.46. The Bertz CT molecular complexity index is 1060. The predicted octanol–water partition coefficient (Wildman–Crippen LogP) is 3.51. The first-order valence-corrected chi connectivity index (χ1v) is 12.1. The molecule has 0 aromatic heterocycles. The van der Waals surface area contributed by atoms with Crippen molar-refractivity contribution in [3.05, 3.63) is 53.6 Å². The number of sulfonamides is 1. The predicted molar refractivity (Wildman–Crippen MR) is 120 cm³/mol. The summed E-state index contributed by atoms with van der Waals surface area (Å²) in [6.07, 6.45) is 2.26. The summed E-state index contributed by atoms with van der Waals surface area (Å²) in [6, 6.07) is 13.4. The minimum atomic E-state index is -3.65. The van der Waals surface area contributed by atoms with E-state index in [1.54, 1.807) is 53.4 Å². The SMILES string of the molecule is O=C(Nc1ccc(Cl)cc1)C1CCN(S(=O)(=O)c2ccc(N3CCCC3=O)cc2)CC1. The summed E-state index contributed by atoms with van der Waals surface area (Å²) < 4.78 is 27.5. The molecule has 2 heterocycles. The van der Waals surface area contributed by atoms with E-state index < -0.39 is 10.0 Å². The number of rotatable bonds is 5. The van der Waals surface area contributed by atoms with E-state index >= 15 is 0 Å². The van der Waals surface area contributed by atoms with Crippen LogP contribution in [0.15, 0.2) is 53.4 Å². The Morgan fingerprint density at radius 1 is 0.968 bits per heavy atom. The number of hydrogen-bond donors (Lipinski definition) is 1. The van der Waals surface area contributed by atoms with Gasteiger partial charge >= 0.3 is 0 Å². The lowest BCUT2D eigenvalue weighted by Crippen LogP contribution is -2.41. The molecule has 2 aliphatic heterocycles. The first kappa shape index (κ1) is 21.8. The van der Waals surface area contributed by atoms with Gasteiger partial charge in [-0.15, -0.1) is 0 Å². The van der Waals surface area contributed by atoms with Gasteiger partial charge in [0.05, 0.1) is 4.90 Å². The van der Waals surface area contributed by atoms with E-state index in [0.29, 0.717) is 36.5 Å². The van der Waals surface area contributed by atoms with Gasteiger partial charge in [0.1, 0.15) is 0 Å². The topological polar surface area (TPSA) is 86.8 Å². The molecule has 2 aliphatic rings. The van der Waals surface area contributed by atoms with E-state index in [4.69, 9.17) is 11.6 Å². The number of carbonyl (C=O) groups is 2. The van der Waals surface area contributed by atoms with Gasteiger partial charge in [-0.1, -0.05) is 11.6 Å². The van der Waals surface area contributed by atoms with Crippen LogP contribution in [0.5, 0.6) is 0 Å². The van der Waals surface area contributed by atoms with Gasteiger partial charge in [0, 0.05) is 48.4 Å². The van der Waals surface area contributed by atoms with Gasteiger partial charge in [0.25, 0.3) is 0 Å². The Morgan fingerprint density at radius 2 is 1.61 bits per heavy atom. The number of benzene rings is 2. The minimum Gasteiger partial charge on any atom is -0.326 e. The van der Waals surface area contributed by atoms with Gasteiger partial charge < -0.3 is 10.2 Å². The van der Waals surface area contributed by atoms with Crippen LogP contribution in [0.1, 0.15) is 25.7 Å². The number of carbonyl (C=O) groups excluding carboxylic acids is 2. The zero-order valence-corrected chi connectivity index (χ0v) is 18.5. The lowest BCUT2D eigenvalue weighted by molar-refractivity contribution is -0.121. The normalized spacial score (nSPS) is 18.4. The zero-order valence-electron chi connectivity index (χ0n) is 17.0. The van der Waals surface area contributed by atoms with Crippen LogP contribution >= 0.6 is 11.6 Å². The van der Waals surface area contributed by atoms with Crippen LogP contribution in [0, 0.1) is 5.92 Å². The molecule has 31 heavy (non-hydrogen) atoms. The second-order valence-electron chi connectivity index (χ2n) is 7.82. The average molecular weight is 462 g/mol. The molecule has 0 aliphatic carbocycles. The lowest BCUT2D eigenvalue weighted by Gasteiger charge is -2.30. The molecule has 1 N–H and O–H groups in total. The van der Waals surface area contributed by atoms with Crippen molar-refractivity contribution in [1.82, 2.24) is 4.31 Å². The molecule has 4 rings (SSSR count). The smallest absolute Gasteiger partial charge is 0.243 e. The first-order chi connectivity index (χ1) is 14.8. The Kier molecular flexibility index (Phi) is 6.31. The number of nitrogens with zero attached hydrogens (tertiary/aromatic N) is 2. The van der Waals surface area contributed by atoms with Gasteiger partial charge in [-0.05, 0) is 67.8 Å². The highest BCUT2D eigenvalue weighted by Crippen LogP contribution is 2.27. The van der Waals surface area contributed by atoms with Crippen LogP contribution in [-0.4, -0.2) is 44.2 Å². The molecule has 0 radical (unpaired) electrons. The summed E-state index contributed by atoms with van der Waals surface area (Å²) in [4.78, 5) is 26.3. The molecular formula is C22H24ClN3O4S. The number of halogens is 1. The number of hydrogen-bond acceptors (Lipinski definition) is 4. The molecule has 0 spiro atoms. The maximum absolute atomic E-state index is 13.0. The van der Waals surface area contributed by atoms with Gasteiger partial charge in [0.15, 0.2) is 0 Å². The molecule has 9 heteroatoms. The van der Waals surface area contributed by atoms with Crippen molar-refractivity contribution in [1.29, 1.82) is 0 Å². The molecular weight excluding hydrogens is 438 g/mol. The summed E-state index contributed by atoms with van der Waals surface area (Å²) in [5.74, 6) is -0.292. The van der Waals surface area contributed by atoms with Crippen molar-refractivity contribution in [2.75, 3.05) is 29.9 Å². The zero-order chi connectivity index (χ0) is 22.0. The summed E-state index contributed by atoms with van der Waals surface area (Å²) in [7, 11) is -3.65. The van der Waals surface area contributed by atoms with Crippen molar-refractivity contribution >= 4 is 44.8 Å². The Morgan fingerprint density at radius 3 is 2.19 bits per heavy atom. The maximum atomic E-state index is 13.0. The standard InChI is InChI=1S/C22H24ClN3O4S/c23-17-3-5-18(6-4-17)24-22(28)16-11-14-25(15-12-16)31(29,30)20-9-7-19(8-10-20)26-13-1-2-21(26)27/h3-10,16H,1-2,11-15H2,(H,24,28). The summed E-state index contributed by atoms with van der Waals surface area (Å²) in [5.41, 5.74) is 1.39. The molecule has 0 saturated carbocycles. The van der Waals surface area contributed by atoms with Crippen LogP contribution in [0.4, 0.5) is 11.4 Å². The minimum absolute atomic E-state index is 0.0644. The average Bonchev–Trinajstić information content (AvgIpc) is 3.21. The van der Waals surface area contributed by atoms with E-state index in [2.05, 4.69) is 5.32 Å².